The number of rotatable bonds is 5. The highest BCUT2D eigenvalue weighted by Crippen LogP contribution is 2.08. The molecule has 0 aromatic rings. The normalized spacial score (nSPS) is 14.3. The number of esters is 1. The highest BCUT2D eigenvalue weighted by Gasteiger charge is 2.07. The Balaban J connectivity index is 2.31. The molecule has 0 atom stereocenters. The van der Waals surface area contributed by atoms with E-state index in [0.717, 1.165) is 12.2 Å². The molecule has 17 heavy (non-hydrogen) atoms. The highest BCUT2D eigenvalue weighted by atomic mass is 16.5. The van der Waals surface area contributed by atoms with Gasteiger partial charge in [-0.3, -0.25) is 0 Å². The minimum atomic E-state index is -0.328. The maximum atomic E-state index is 11.2. The van der Waals surface area contributed by atoms with Gasteiger partial charge in [0.2, 0.25) is 0 Å². The van der Waals surface area contributed by atoms with Crippen molar-refractivity contribution in [3.05, 3.63) is 36.2 Å². The summed E-state index contributed by atoms with van der Waals surface area (Å²) in [6, 6.07) is 0. The number of hydrogen-bond acceptors (Lipinski definition) is 4. The lowest BCUT2D eigenvalue weighted by Gasteiger charge is -2.25. The van der Waals surface area contributed by atoms with Crippen LogP contribution in [-0.4, -0.2) is 49.6 Å². The zero-order valence-electron chi connectivity index (χ0n) is 10.8. The average molecular weight is 236 g/mol. The fourth-order valence-electron chi connectivity index (χ4n) is 1.38. The molecule has 1 heterocycles. The summed E-state index contributed by atoms with van der Waals surface area (Å²) in [6.45, 7) is 7.14. The third-order valence-electron chi connectivity index (χ3n) is 2.54. The molecule has 0 fully saturated rings. The lowest BCUT2D eigenvalue weighted by atomic mass is 10.3. The van der Waals surface area contributed by atoms with Gasteiger partial charge in [0.15, 0.2) is 0 Å². The van der Waals surface area contributed by atoms with Crippen molar-refractivity contribution in [3.8, 4) is 0 Å². The van der Waals surface area contributed by atoms with Gasteiger partial charge in [-0.15, -0.1) is 0 Å². The Kier molecular flexibility index (Phi) is 4.82. The molecule has 1 rings (SSSR count). The van der Waals surface area contributed by atoms with Crippen LogP contribution in [0.15, 0.2) is 36.2 Å². The molecule has 0 bridgehead atoms. The summed E-state index contributed by atoms with van der Waals surface area (Å²) in [4.78, 5) is 15.3. The van der Waals surface area contributed by atoms with E-state index >= 15 is 0 Å². The SMILES string of the molecule is C=C(C)C(=O)OCCN(C)C1=CCN(C)C=C1. The number of ether oxygens (including phenoxy) is 1. The summed E-state index contributed by atoms with van der Waals surface area (Å²) in [5, 5.41) is 0. The van der Waals surface area contributed by atoms with E-state index in [1.165, 1.54) is 0 Å². The molecule has 0 saturated carbocycles. The van der Waals surface area contributed by atoms with E-state index in [9.17, 15) is 4.79 Å². The number of carbonyl (C=O) groups is 1. The first-order valence-corrected chi connectivity index (χ1v) is 5.63. The Labute approximate surface area is 103 Å². The van der Waals surface area contributed by atoms with E-state index < -0.39 is 0 Å². The van der Waals surface area contributed by atoms with Crippen LogP contribution in [0.1, 0.15) is 6.92 Å². The number of likely N-dealkylation sites (N-methyl/N-ethyl adjacent to an activating group) is 2. The molecule has 1 aliphatic heterocycles. The van der Waals surface area contributed by atoms with Gasteiger partial charge >= 0.3 is 5.97 Å². The topological polar surface area (TPSA) is 32.8 Å². The van der Waals surface area contributed by atoms with E-state index in [2.05, 4.69) is 22.5 Å². The second kappa shape index (κ2) is 6.13. The van der Waals surface area contributed by atoms with Crippen molar-refractivity contribution in [2.45, 2.75) is 6.92 Å². The molecule has 0 N–H and O–H groups in total. The van der Waals surface area contributed by atoms with Crippen molar-refractivity contribution in [3.63, 3.8) is 0 Å². The van der Waals surface area contributed by atoms with Gasteiger partial charge in [-0.1, -0.05) is 6.58 Å². The number of carbonyl (C=O) groups excluding carboxylic acids is 1. The third-order valence-corrected chi connectivity index (χ3v) is 2.54. The van der Waals surface area contributed by atoms with Gasteiger partial charge in [0.05, 0.1) is 6.54 Å². The zero-order valence-corrected chi connectivity index (χ0v) is 10.8. The number of allylic oxidation sites excluding steroid dienone is 1. The van der Waals surface area contributed by atoms with Crippen LogP contribution in [0, 0.1) is 0 Å². The van der Waals surface area contributed by atoms with Crippen molar-refractivity contribution < 1.29 is 9.53 Å². The Hall–Kier alpha value is -1.71. The molecule has 0 saturated heterocycles. The molecule has 4 nitrogen and oxygen atoms in total. The summed E-state index contributed by atoms with van der Waals surface area (Å²) in [5.74, 6) is -0.328. The fourth-order valence-corrected chi connectivity index (χ4v) is 1.38. The highest BCUT2D eigenvalue weighted by molar-refractivity contribution is 5.86. The molecule has 0 aliphatic carbocycles. The molecule has 0 spiro atoms. The monoisotopic (exact) mass is 236 g/mol. The lowest BCUT2D eigenvalue weighted by molar-refractivity contribution is -0.139. The standard InChI is InChI=1S/C13H20N2O2/c1-11(2)13(16)17-10-9-15(4)12-5-7-14(3)8-6-12/h5-7H,1,8-10H2,2-4H3. The van der Waals surface area contributed by atoms with Gasteiger partial charge in [0, 0.05) is 38.1 Å². The molecule has 0 aromatic carbocycles. The first-order valence-electron chi connectivity index (χ1n) is 5.63. The van der Waals surface area contributed by atoms with Crippen LogP contribution in [0.2, 0.25) is 0 Å². The van der Waals surface area contributed by atoms with E-state index in [0.29, 0.717) is 18.7 Å². The lowest BCUT2D eigenvalue weighted by Crippen LogP contribution is -2.26. The summed E-state index contributed by atoms with van der Waals surface area (Å²) in [5.41, 5.74) is 1.58. The van der Waals surface area contributed by atoms with Crippen molar-refractivity contribution in [2.24, 2.45) is 0 Å². The average Bonchev–Trinajstić information content (AvgIpc) is 2.29. The summed E-state index contributed by atoms with van der Waals surface area (Å²) < 4.78 is 5.04. The Morgan fingerprint density at radius 1 is 1.65 bits per heavy atom. The molecule has 0 radical (unpaired) electrons. The first kappa shape index (κ1) is 13.4. The predicted octanol–water partition coefficient (Wildman–Crippen LogP) is 1.38. The fraction of sp³-hybridized carbons (Fsp3) is 0.462. The predicted molar refractivity (Wildman–Crippen MR) is 68.3 cm³/mol. The Morgan fingerprint density at radius 3 is 2.88 bits per heavy atom. The zero-order chi connectivity index (χ0) is 12.8. The Morgan fingerprint density at radius 2 is 2.35 bits per heavy atom. The maximum absolute atomic E-state index is 11.2. The molecular weight excluding hydrogens is 216 g/mol. The minimum Gasteiger partial charge on any atom is -0.460 e. The van der Waals surface area contributed by atoms with Gasteiger partial charge < -0.3 is 14.5 Å². The molecule has 94 valence electrons. The van der Waals surface area contributed by atoms with E-state index in [4.69, 9.17) is 4.74 Å². The van der Waals surface area contributed by atoms with E-state index in [1.807, 2.05) is 26.4 Å². The molecular formula is C13H20N2O2. The van der Waals surface area contributed by atoms with Gasteiger partial charge in [-0.2, -0.15) is 0 Å². The van der Waals surface area contributed by atoms with Crippen molar-refractivity contribution >= 4 is 5.97 Å². The van der Waals surface area contributed by atoms with E-state index in [-0.39, 0.29) is 5.97 Å². The summed E-state index contributed by atoms with van der Waals surface area (Å²) in [7, 11) is 4.01. The van der Waals surface area contributed by atoms with Gasteiger partial charge in [0.25, 0.3) is 0 Å². The van der Waals surface area contributed by atoms with Crippen LogP contribution in [-0.2, 0) is 9.53 Å². The number of nitrogens with zero attached hydrogens (tertiary/aromatic N) is 2. The molecule has 4 heteroatoms. The van der Waals surface area contributed by atoms with Crippen LogP contribution in [0.4, 0.5) is 0 Å². The third kappa shape index (κ3) is 4.34. The van der Waals surface area contributed by atoms with Crippen LogP contribution in [0.25, 0.3) is 0 Å². The quantitative estimate of drug-likeness (QED) is 0.533. The smallest absolute Gasteiger partial charge is 0.333 e. The van der Waals surface area contributed by atoms with Gasteiger partial charge in [-0.25, -0.2) is 4.79 Å². The molecule has 0 unspecified atom stereocenters. The summed E-state index contributed by atoms with van der Waals surface area (Å²) in [6.07, 6.45) is 6.22. The van der Waals surface area contributed by atoms with Crippen LogP contribution < -0.4 is 0 Å². The van der Waals surface area contributed by atoms with Crippen molar-refractivity contribution in [1.82, 2.24) is 9.80 Å². The first-order chi connectivity index (χ1) is 8.00. The largest absolute Gasteiger partial charge is 0.460 e. The summed E-state index contributed by atoms with van der Waals surface area (Å²) >= 11 is 0. The van der Waals surface area contributed by atoms with Crippen molar-refractivity contribution in [2.75, 3.05) is 33.8 Å². The second-order valence-electron chi connectivity index (χ2n) is 4.22. The van der Waals surface area contributed by atoms with Crippen LogP contribution in [0.3, 0.4) is 0 Å². The maximum Gasteiger partial charge on any atom is 0.333 e. The number of hydrogen-bond donors (Lipinski definition) is 0. The molecule has 1 aliphatic rings. The van der Waals surface area contributed by atoms with E-state index in [1.54, 1.807) is 6.92 Å². The minimum absolute atomic E-state index is 0.328. The molecule has 0 aromatic heterocycles. The van der Waals surface area contributed by atoms with Crippen molar-refractivity contribution in [1.29, 1.82) is 0 Å². The van der Waals surface area contributed by atoms with Gasteiger partial charge in [-0.05, 0) is 19.1 Å². The molecule has 0 amide bonds. The van der Waals surface area contributed by atoms with Crippen LogP contribution in [0.5, 0.6) is 0 Å². The van der Waals surface area contributed by atoms with Gasteiger partial charge in [0.1, 0.15) is 6.61 Å². The van der Waals surface area contributed by atoms with Crippen LogP contribution >= 0.6 is 0 Å². The Bertz CT molecular complexity index is 358. The second-order valence-corrected chi connectivity index (χ2v) is 4.22.